The standard InChI is InChI=1S/C22H35N4O6P/c1-13(2)26(14(3)4)33(29-10-9-23-8)30-12-22-16(6)18(31-17(22)7)20(32-22)25-11-15(5)19(27)24-21(25)28/h11,13-14,16-18,20H,9-10,12H2,1-7H3,(H,24,27,28)/t16-,17-,18+,20+,22+,33?/m0/s1. The first-order valence-electron chi connectivity index (χ1n) is 11.4. The van der Waals surface area contributed by atoms with Crippen LogP contribution in [0.3, 0.4) is 0 Å². The Labute approximate surface area is 196 Å². The zero-order valence-corrected chi connectivity index (χ0v) is 21.3. The number of aryl methyl sites for hydroxylation is 1. The van der Waals surface area contributed by atoms with Gasteiger partial charge >= 0.3 is 5.69 Å². The molecular formula is C22H35N4O6P. The van der Waals surface area contributed by atoms with E-state index in [2.05, 4.69) is 42.2 Å². The van der Waals surface area contributed by atoms with Gasteiger partial charge in [-0.1, -0.05) is 6.92 Å². The summed E-state index contributed by atoms with van der Waals surface area (Å²) in [5, 5.41) is 0. The van der Waals surface area contributed by atoms with Crippen molar-refractivity contribution in [3.05, 3.63) is 44.0 Å². The molecule has 1 aromatic rings. The molecule has 0 spiro atoms. The van der Waals surface area contributed by atoms with Gasteiger partial charge in [-0.15, -0.1) is 0 Å². The van der Waals surface area contributed by atoms with E-state index in [1.165, 1.54) is 10.8 Å². The fourth-order valence-electron chi connectivity index (χ4n) is 4.66. The topological polar surface area (TPSA) is 99.4 Å². The summed E-state index contributed by atoms with van der Waals surface area (Å²) in [7, 11) is -1.43. The highest BCUT2D eigenvalue weighted by Gasteiger charge is 2.64. The minimum absolute atomic E-state index is 0.0525. The van der Waals surface area contributed by atoms with Crippen LogP contribution in [0.2, 0.25) is 0 Å². The first kappa shape index (κ1) is 26.0. The normalized spacial score (nSPS) is 29.8. The third-order valence-electron chi connectivity index (χ3n) is 6.41. The molecule has 10 nitrogen and oxygen atoms in total. The lowest BCUT2D eigenvalue weighted by molar-refractivity contribution is -0.215. The SMILES string of the molecule is [C-]#[N+]CCOP(OC[C@]12O[C@@H](n3cc(C)c(=O)[nH]c3=O)[C@H](O[C@H]1C)[C@@H]2C)N(C(C)C)C(C)C. The highest BCUT2D eigenvalue weighted by molar-refractivity contribution is 7.44. The van der Waals surface area contributed by atoms with Crippen LogP contribution in [0.5, 0.6) is 0 Å². The van der Waals surface area contributed by atoms with Crippen molar-refractivity contribution in [2.24, 2.45) is 5.92 Å². The lowest BCUT2D eigenvalue weighted by atomic mass is 9.87. The first-order chi connectivity index (χ1) is 15.5. The van der Waals surface area contributed by atoms with E-state index >= 15 is 0 Å². The second kappa shape index (κ2) is 10.3. The Morgan fingerprint density at radius 1 is 1.27 bits per heavy atom. The van der Waals surface area contributed by atoms with Crippen LogP contribution in [-0.2, 0) is 18.5 Å². The van der Waals surface area contributed by atoms with Crippen LogP contribution in [-0.4, -0.2) is 63.9 Å². The van der Waals surface area contributed by atoms with Crippen LogP contribution >= 0.6 is 8.53 Å². The van der Waals surface area contributed by atoms with E-state index in [1.54, 1.807) is 6.92 Å². The van der Waals surface area contributed by atoms with Gasteiger partial charge in [0.05, 0.1) is 12.7 Å². The Balaban J connectivity index is 1.85. The molecule has 2 fully saturated rings. The minimum Gasteiger partial charge on any atom is -0.367 e. The average Bonchev–Trinajstić information content (AvgIpc) is 3.14. The predicted octanol–water partition coefficient (Wildman–Crippen LogP) is 2.83. The Morgan fingerprint density at radius 2 is 1.94 bits per heavy atom. The Hall–Kier alpha value is -1.60. The van der Waals surface area contributed by atoms with E-state index in [1.807, 2.05) is 13.8 Å². The van der Waals surface area contributed by atoms with Gasteiger partial charge in [-0.2, -0.15) is 0 Å². The van der Waals surface area contributed by atoms with Crippen molar-refractivity contribution in [3.63, 3.8) is 0 Å². The number of hydrogen-bond acceptors (Lipinski definition) is 7. The van der Waals surface area contributed by atoms with Crippen molar-refractivity contribution in [3.8, 4) is 0 Å². The number of hydrogen-bond donors (Lipinski definition) is 1. The van der Waals surface area contributed by atoms with Gasteiger partial charge in [0.15, 0.2) is 6.23 Å². The van der Waals surface area contributed by atoms with Crippen molar-refractivity contribution in [2.45, 2.75) is 84.6 Å². The number of aromatic nitrogens is 2. The zero-order valence-electron chi connectivity index (χ0n) is 20.4. The van der Waals surface area contributed by atoms with Gasteiger partial charge in [0, 0.05) is 29.8 Å². The number of fused-ring (bicyclic) bond motifs is 2. The molecule has 184 valence electrons. The predicted molar refractivity (Wildman–Crippen MR) is 125 cm³/mol. The second-order valence-corrected chi connectivity index (χ2v) is 10.7. The molecule has 0 radical (unpaired) electrons. The molecule has 1 unspecified atom stereocenters. The lowest BCUT2D eigenvalue weighted by Crippen LogP contribution is -2.49. The zero-order chi connectivity index (χ0) is 24.5. The van der Waals surface area contributed by atoms with E-state index in [9.17, 15) is 9.59 Å². The summed E-state index contributed by atoms with van der Waals surface area (Å²) in [4.78, 5) is 30.0. The number of H-pyrrole nitrogens is 1. The van der Waals surface area contributed by atoms with Crippen molar-refractivity contribution >= 4 is 8.53 Å². The van der Waals surface area contributed by atoms with Crippen molar-refractivity contribution in [1.29, 1.82) is 0 Å². The molecule has 0 saturated carbocycles. The molecule has 33 heavy (non-hydrogen) atoms. The molecule has 2 aliphatic heterocycles. The number of aromatic amines is 1. The molecule has 0 aromatic carbocycles. The summed E-state index contributed by atoms with van der Waals surface area (Å²) < 4.78 is 28.7. The van der Waals surface area contributed by atoms with Gasteiger partial charge in [-0.25, -0.2) is 16.0 Å². The molecule has 1 aromatic heterocycles. The summed E-state index contributed by atoms with van der Waals surface area (Å²) in [6.07, 6.45) is 0.247. The van der Waals surface area contributed by atoms with Gasteiger partial charge < -0.3 is 23.4 Å². The molecule has 2 aliphatic rings. The average molecular weight is 483 g/mol. The summed E-state index contributed by atoms with van der Waals surface area (Å²) in [5.74, 6) is -0.0525. The summed E-state index contributed by atoms with van der Waals surface area (Å²) >= 11 is 0. The summed E-state index contributed by atoms with van der Waals surface area (Å²) in [5.41, 5.74) is -1.29. The Kier molecular flexibility index (Phi) is 8.15. The molecule has 3 rings (SSSR count). The maximum atomic E-state index is 12.5. The largest absolute Gasteiger partial charge is 0.367 e. The van der Waals surface area contributed by atoms with Gasteiger partial charge in [-0.05, 0) is 41.5 Å². The van der Waals surface area contributed by atoms with Gasteiger partial charge in [0.1, 0.15) is 18.3 Å². The van der Waals surface area contributed by atoms with Crippen LogP contribution in [0.15, 0.2) is 15.8 Å². The van der Waals surface area contributed by atoms with Crippen LogP contribution in [0.4, 0.5) is 0 Å². The monoisotopic (exact) mass is 482 g/mol. The molecule has 2 bridgehead atoms. The van der Waals surface area contributed by atoms with Gasteiger partial charge in [-0.3, -0.25) is 14.3 Å². The summed E-state index contributed by atoms with van der Waals surface area (Å²) in [6, 6.07) is 0.368. The molecule has 11 heteroatoms. The van der Waals surface area contributed by atoms with E-state index in [0.717, 1.165) is 0 Å². The smallest absolute Gasteiger partial charge is 0.330 e. The van der Waals surface area contributed by atoms with Crippen LogP contribution in [0.1, 0.15) is 53.3 Å². The van der Waals surface area contributed by atoms with E-state index in [-0.39, 0.29) is 50.0 Å². The highest BCUT2D eigenvalue weighted by atomic mass is 31.2. The van der Waals surface area contributed by atoms with E-state index in [0.29, 0.717) is 5.56 Å². The maximum absolute atomic E-state index is 12.5. The molecule has 0 aliphatic carbocycles. The van der Waals surface area contributed by atoms with Gasteiger partial charge in [0.2, 0.25) is 6.54 Å². The maximum Gasteiger partial charge on any atom is 0.330 e. The summed E-state index contributed by atoms with van der Waals surface area (Å²) in [6.45, 7) is 21.8. The van der Waals surface area contributed by atoms with Crippen LogP contribution < -0.4 is 11.2 Å². The van der Waals surface area contributed by atoms with Crippen molar-refractivity contribution < 1.29 is 18.5 Å². The quantitative estimate of drug-likeness (QED) is 0.311. The van der Waals surface area contributed by atoms with Crippen molar-refractivity contribution in [1.82, 2.24) is 14.2 Å². The van der Waals surface area contributed by atoms with Gasteiger partial charge in [0.25, 0.3) is 14.1 Å². The second-order valence-electron chi connectivity index (χ2n) is 9.27. The van der Waals surface area contributed by atoms with E-state index < -0.39 is 31.6 Å². The number of nitrogens with zero attached hydrogens (tertiary/aromatic N) is 3. The lowest BCUT2D eigenvalue weighted by Gasteiger charge is -2.40. The van der Waals surface area contributed by atoms with Crippen LogP contribution in [0.25, 0.3) is 4.85 Å². The van der Waals surface area contributed by atoms with Crippen LogP contribution in [0, 0.1) is 19.4 Å². The Bertz CT molecular complexity index is 980. The highest BCUT2D eigenvalue weighted by Crippen LogP contribution is 2.55. The first-order valence-corrected chi connectivity index (χ1v) is 12.5. The van der Waals surface area contributed by atoms with E-state index in [4.69, 9.17) is 25.1 Å². The fraction of sp³-hybridized carbons (Fsp3) is 0.773. The minimum atomic E-state index is -1.43. The molecule has 3 heterocycles. The molecule has 1 N–H and O–H groups in total. The third kappa shape index (κ3) is 4.95. The number of nitrogens with one attached hydrogen (secondary N) is 1. The Morgan fingerprint density at radius 3 is 2.55 bits per heavy atom. The molecule has 2 saturated heterocycles. The third-order valence-corrected chi connectivity index (χ3v) is 8.46. The molecule has 6 atom stereocenters. The molecular weight excluding hydrogens is 447 g/mol. The molecule has 0 amide bonds. The fourth-order valence-corrected chi connectivity index (χ4v) is 6.31. The number of rotatable bonds is 10. The van der Waals surface area contributed by atoms with Crippen molar-refractivity contribution in [2.75, 3.05) is 19.8 Å². The number of ether oxygens (including phenoxy) is 2.